The van der Waals surface area contributed by atoms with E-state index in [0.29, 0.717) is 5.75 Å². The molecule has 0 spiro atoms. The van der Waals surface area contributed by atoms with E-state index in [1.165, 1.54) is 48.7 Å². The lowest BCUT2D eigenvalue weighted by atomic mass is 10.2. The molecule has 3 aromatic rings. The van der Waals surface area contributed by atoms with E-state index < -0.39 is 21.6 Å². The number of pyridine rings is 1. The Morgan fingerprint density at radius 1 is 1.13 bits per heavy atom. The first-order valence-corrected chi connectivity index (χ1v) is 10.8. The van der Waals surface area contributed by atoms with Gasteiger partial charge in [-0.1, -0.05) is 19.1 Å². The van der Waals surface area contributed by atoms with Gasteiger partial charge in [0.15, 0.2) is 5.03 Å². The summed E-state index contributed by atoms with van der Waals surface area (Å²) in [5, 5.41) is 2.34. The van der Waals surface area contributed by atoms with Crippen molar-refractivity contribution >= 4 is 21.4 Å². The number of anilines is 1. The van der Waals surface area contributed by atoms with Crippen LogP contribution < -0.4 is 10.1 Å². The van der Waals surface area contributed by atoms with Crippen molar-refractivity contribution < 1.29 is 22.3 Å². The Hall–Kier alpha value is -3.26. The Kier molecular flexibility index (Phi) is 6.47. The number of carbonyl (C=O) groups is 1. The Morgan fingerprint density at radius 3 is 2.60 bits per heavy atom. The minimum absolute atomic E-state index is 0.0329. The fourth-order valence-corrected chi connectivity index (χ4v) is 3.85. The van der Waals surface area contributed by atoms with E-state index in [-0.39, 0.29) is 27.3 Å². The Bertz CT molecular complexity index is 1150. The maximum absolute atomic E-state index is 14.4. The Balaban J connectivity index is 1.81. The molecule has 1 N–H and O–H groups in total. The molecular weight excluding hydrogens is 407 g/mol. The number of ether oxygens (including phenoxy) is 1. The first-order chi connectivity index (χ1) is 14.3. The van der Waals surface area contributed by atoms with Crippen molar-refractivity contribution in [2.24, 2.45) is 0 Å². The monoisotopic (exact) mass is 428 g/mol. The standard InChI is InChI=1S/C22H21FN2O4S/c1-3-15(2)29-17-10-11-20(19(23)14-17)25-22(26)16-7-6-8-18(13-16)30(27,28)21-9-4-5-12-24-21/h4-15H,3H2,1-2H3,(H,25,26). The summed E-state index contributed by atoms with van der Waals surface area (Å²) in [6, 6.07) is 14.2. The van der Waals surface area contributed by atoms with Crippen molar-refractivity contribution in [3.63, 3.8) is 0 Å². The lowest BCUT2D eigenvalue weighted by molar-refractivity contribution is 0.102. The molecule has 0 saturated carbocycles. The van der Waals surface area contributed by atoms with E-state index in [4.69, 9.17) is 4.74 Å². The maximum atomic E-state index is 14.4. The fraction of sp³-hybridized carbons (Fsp3) is 0.182. The largest absolute Gasteiger partial charge is 0.491 e. The summed E-state index contributed by atoms with van der Waals surface area (Å²) in [6.45, 7) is 3.83. The summed E-state index contributed by atoms with van der Waals surface area (Å²) in [7, 11) is -3.88. The van der Waals surface area contributed by atoms with Crippen LogP contribution >= 0.6 is 0 Å². The van der Waals surface area contributed by atoms with Gasteiger partial charge in [0.2, 0.25) is 9.84 Å². The lowest BCUT2D eigenvalue weighted by Gasteiger charge is -2.14. The van der Waals surface area contributed by atoms with E-state index in [0.717, 1.165) is 6.42 Å². The van der Waals surface area contributed by atoms with Gasteiger partial charge < -0.3 is 10.1 Å². The molecule has 0 fully saturated rings. The van der Waals surface area contributed by atoms with Gasteiger partial charge in [0, 0.05) is 17.8 Å². The third-order valence-corrected chi connectivity index (χ3v) is 6.09. The van der Waals surface area contributed by atoms with E-state index in [9.17, 15) is 17.6 Å². The first kappa shape index (κ1) is 21.4. The molecule has 6 nitrogen and oxygen atoms in total. The minimum Gasteiger partial charge on any atom is -0.491 e. The number of halogens is 1. The van der Waals surface area contributed by atoms with Crippen LogP contribution in [-0.2, 0) is 9.84 Å². The lowest BCUT2D eigenvalue weighted by Crippen LogP contribution is -2.14. The average Bonchev–Trinajstić information content (AvgIpc) is 2.76. The number of benzene rings is 2. The molecule has 1 unspecified atom stereocenters. The topological polar surface area (TPSA) is 85.4 Å². The van der Waals surface area contributed by atoms with E-state index in [1.54, 1.807) is 18.2 Å². The molecule has 1 atom stereocenters. The quantitative estimate of drug-likeness (QED) is 0.600. The number of aromatic nitrogens is 1. The summed E-state index contributed by atoms with van der Waals surface area (Å²) in [5.41, 5.74) is 0.0424. The minimum atomic E-state index is -3.88. The first-order valence-electron chi connectivity index (χ1n) is 9.35. The van der Waals surface area contributed by atoms with Crippen molar-refractivity contribution in [1.82, 2.24) is 4.98 Å². The van der Waals surface area contributed by atoms with E-state index in [1.807, 2.05) is 13.8 Å². The second kappa shape index (κ2) is 9.04. The highest BCUT2D eigenvalue weighted by Crippen LogP contribution is 2.24. The molecule has 8 heteroatoms. The predicted molar refractivity (Wildman–Crippen MR) is 111 cm³/mol. The predicted octanol–water partition coefficient (Wildman–Crippen LogP) is 4.48. The maximum Gasteiger partial charge on any atom is 0.255 e. The smallest absolute Gasteiger partial charge is 0.255 e. The third-order valence-electron chi connectivity index (χ3n) is 4.42. The van der Waals surface area contributed by atoms with Gasteiger partial charge in [-0.3, -0.25) is 4.79 Å². The molecule has 0 aliphatic carbocycles. The zero-order valence-electron chi connectivity index (χ0n) is 16.5. The van der Waals surface area contributed by atoms with Gasteiger partial charge in [0.1, 0.15) is 11.6 Å². The highest BCUT2D eigenvalue weighted by Gasteiger charge is 2.20. The number of amides is 1. The van der Waals surface area contributed by atoms with Crippen LogP contribution in [0.2, 0.25) is 0 Å². The van der Waals surface area contributed by atoms with Gasteiger partial charge in [0.25, 0.3) is 5.91 Å². The molecule has 2 aromatic carbocycles. The molecule has 1 heterocycles. The molecule has 0 bridgehead atoms. The van der Waals surface area contributed by atoms with Gasteiger partial charge in [-0.2, -0.15) is 0 Å². The van der Waals surface area contributed by atoms with Crippen LogP contribution in [0.15, 0.2) is 76.8 Å². The van der Waals surface area contributed by atoms with Crippen molar-refractivity contribution in [2.75, 3.05) is 5.32 Å². The molecule has 3 rings (SSSR count). The molecule has 30 heavy (non-hydrogen) atoms. The van der Waals surface area contributed by atoms with Crippen molar-refractivity contribution in [2.45, 2.75) is 36.3 Å². The van der Waals surface area contributed by atoms with Crippen LogP contribution in [0.3, 0.4) is 0 Å². The summed E-state index contributed by atoms with van der Waals surface area (Å²) in [4.78, 5) is 16.4. The Labute approximate surface area is 174 Å². The molecule has 0 saturated heterocycles. The second-order valence-corrected chi connectivity index (χ2v) is 8.53. The molecule has 0 aliphatic heterocycles. The van der Waals surface area contributed by atoms with Crippen LogP contribution in [0, 0.1) is 5.82 Å². The van der Waals surface area contributed by atoms with E-state index >= 15 is 0 Å². The number of nitrogens with zero attached hydrogens (tertiary/aromatic N) is 1. The summed E-state index contributed by atoms with van der Waals surface area (Å²) in [6.07, 6.45) is 2.09. The van der Waals surface area contributed by atoms with Crippen LogP contribution in [0.4, 0.5) is 10.1 Å². The van der Waals surface area contributed by atoms with Crippen LogP contribution in [0.5, 0.6) is 5.75 Å². The molecule has 1 aromatic heterocycles. The molecular formula is C22H21FN2O4S. The van der Waals surface area contributed by atoms with Gasteiger partial charge in [-0.05, 0) is 55.8 Å². The van der Waals surface area contributed by atoms with Crippen molar-refractivity contribution in [3.05, 3.63) is 78.2 Å². The van der Waals surface area contributed by atoms with Gasteiger partial charge in [-0.15, -0.1) is 0 Å². The highest BCUT2D eigenvalue weighted by atomic mass is 32.2. The average molecular weight is 428 g/mol. The highest BCUT2D eigenvalue weighted by molar-refractivity contribution is 7.91. The van der Waals surface area contributed by atoms with Crippen molar-refractivity contribution in [1.29, 1.82) is 0 Å². The zero-order chi connectivity index (χ0) is 21.7. The molecule has 156 valence electrons. The van der Waals surface area contributed by atoms with Gasteiger partial charge in [-0.25, -0.2) is 17.8 Å². The molecule has 0 radical (unpaired) electrons. The number of rotatable bonds is 7. The third kappa shape index (κ3) is 4.83. The van der Waals surface area contributed by atoms with Gasteiger partial charge in [0.05, 0.1) is 16.7 Å². The second-order valence-electron chi connectivity index (χ2n) is 6.63. The SMILES string of the molecule is CCC(C)Oc1ccc(NC(=O)c2cccc(S(=O)(=O)c3ccccn3)c2)c(F)c1. The normalized spacial score (nSPS) is 12.2. The Morgan fingerprint density at radius 2 is 1.93 bits per heavy atom. The number of hydrogen-bond acceptors (Lipinski definition) is 5. The number of nitrogens with one attached hydrogen (secondary N) is 1. The number of hydrogen-bond donors (Lipinski definition) is 1. The summed E-state index contributed by atoms with van der Waals surface area (Å²) in [5.74, 6) is -0.924. The fourth-order valence-electron chi connectivity index (χ4n) is 2.61. The van der Waals surface area contributed by atoms with E-state index in [2.05, 4.69) is 10.3 Å². The summed E-state index contributed by atoms with van der Waals surface area (Å²) >= 11 is 0. The molecule has 1 amide bonds. The van der Waals surface area contributed by atoms with Crippen LogP contribution in [0.1, 0.15) is 30.6 Å². The van der Waals surface area contributed by atoms with Crippen molar-refractivity contribution in [3.8, 4) is 5.75 Å². The molecule has 0 aliphatic rings. The van der Waals surface area contributed by atoms with Crippen LogP contribution in [0.25, 0.3) is 0 Å². The summed E-state index contributed by atoms with van der Waals surface area (Å²) < 4.78 is 45.3. The number of carbonyl (C=O) groups excluding carboxylic acids is 1. The zero-order valence-corrected chi connectivity index (χ0v) is 17.3. The van der Waals surface area contributed by atoms with Crippen LogP contribution in [-0.4, -0.2) is 25.4 Å². The number of sulfone groups is 1. The van der Waals surface area contributed by atoms with Gasteiger partial charge >= 0.3 is 0 Å².